The van der Waals surface area contributed by atoms with E-state index in [1.807, 2.05) is 32.0 Å². The Balaban J connectivity index is 1.87. The molecule has 3 aromatic carbocycles. The number of anilines is 2. The SMILES string of the molecule is COc1ccccc1N1C(=O)C(Nc2cc(C)ccc2C)=C(c2ccc([N+](=O)[O-])cc2)C1=O. The van der Waals surface area contributed by atoms with E-state index in [4.69, 9.17) is 4.74 Å². The first-order valence-corrected chi connectivity index (χ1v) is 10.2. The van der Waals surface area contributed by atoms with E-state index in [1.54, 1.807) is 24.3 Å². The van der Waals surface area contributed by atoms with Gasteiger partial charge in [-0.15, -0.1) is 0 Å². The Morgan fingerprint density at radius 1 is 0.939 bits per heavy atom. The molecule has 4 rings (SSSR count). The van der Waals surface area contributed by atoms with E-state index in [9.17, 15) is 19.7 Å². The monoisotopic (exact) mass is 443 g/mol. The second-order valence-corrected chi connectivity index (χ2v) is 7.61. The summed E-state index contributed by atoms with van der Waals surface area (Å²) in [6.07, 6.45) is 0. The number of imide groups is 1. The zero-order chi connectivity index (χ0) is 23.7. The Morgan fingerprint density at radius 3 is 2.30 bits per heavy atom. The number of rotatable bonds is 6. The smallest absolute Gasteiger partial charge is 0.282 e. The third-order valence-electron chi connectivity index (χ3n) is 5.43. The number of methoxy groups -OCH3 is 1. The van der Waals surface area contributed by atoms with Gasteiger partial charge in [-0.05, 0) is 60.9 Å². The van der Waals surface area contributed by atoms with E-state index in [0.29, 0.717) is 22.7 Å². The number of para-hydroxylation sites is 2. The van der Waals surface area contributed by atoms with Gasteiger partial charge in [0.2, 0.25) is 0 Å². The van der Waals surface area contributed by atoms with Crippen molar-refractivity contribution >= 4 is 34.4 Å². The summed E-state index contributed by atoms with van der Waals surface area (Å²) in [5.74, 6) is -0.722. The van der Waals surface area contributed by atoms with Crippen LogP contribution in [-0.2, 0) is 9.59 Å². The summed E-state index contributed by atoms with van der Waals surface area (Å²) < 4.78 is 5.37. The minimum absolute atomic E-state index is 0.0912. The van der Waals surface area contributed by atoms with Gasteiger partial charge in [0.15, 0.2) is 0 Å². The molecule has 0 saturated heterocycles. The van der Waals surface area contributed by atoms with Crippen molar-refractivity contribution in [1.82, 2.24) is 0 Å². The molecule has 0 aliphatic carbocycles. The number of nitro benzene ring substituents is 1. The number of amides is 2. The van der Waals surface area contributed by atoms with Crippen molar-refractivity contribution < 1.29 is 19.2 Å². The van der Waals surface area contributed by atoms with Gasteiger partial charge < -0.3 is 10.1 Å². The highest BCUT2D eigenvalue weighted by Crippen LogP contribution is 2.38. The molecule has 1 aliphatic heterocycles. The second kappa shape index (κ2) is 8.58. The zero-order valence-corrected chi connectivity index (χ0v) is 18.3. The number of hydrogen-bond donors (Lipinski definition) is 1. The van der Waals surface area contributed by atoms with E-state index in [2.05, 4.69) is 5.32 Å². The van der Waals surface area contributed by atoms with Crippen LogP contribution in [0.1, 0.15) is 16.7 Å². The van der Waals surface area contributed by atoms with Crippen LogP contribution in [0, 0.1) is 24.0 Å². The highest BCUT2D eigenvalue weighted by atomic mass is 16.6. The maximum absolute atomic E-state index is 13.6. The van der Waals surface area contributed by atoms with E-state index in [1.165, 1.54) is 31.4 Å². The average molecular weight is 443 g/mol. The highest BCUT2D eigenvalue weighted by Gasteiger charge is 2.41. The number of nitrogens with one attached hydrogen (secondary N) is 1. The van der Waals surface area contributed by atoms with Crippen LogP contribution in [0.5, 0.6) is 5.75 Å². The predicted molar refractivity (Wildman–Crippen MR) is 125 cm³/mol. The number of non-ortho nitro benzene ring substituents is 1. The topological polar surface area (TPSA) is 102 Å². The summed E-state index contributed by atoms with van der Waals surface area (Å²) in [5.41, 5.74) is 3.38. The molecule has 1 N–H and O–H groups in total. The molecule has 166 valence electrons. The van der Waals surface area contributed by atoms with Gasteiger partial charge in [0, 0.05) is 17.8 Å². The van der Waals surface area contributed by atoms with Gasteiger partial charge in [-0.1, -0.05) is 24.3 Å². The number of carbonyl (C=O) groups is 2. The quantitative estimate of drug-likeness (QED) is 0.339. The molecule has 0 saturated carbocycles. The lowest BCUT2D eigenvalue weighted by Crippen LogP contribution is -2.32. The summed E-state index contributed by atoms with van der Waals surface area (Å²) in [5, 5.41) is 14.2. The highest BCUT2D eigenvalue weighted by molar-refractivity contribution is 6.46. The molecule has 0 unspecified atom stereocenters. The molecule has 0 aromatic heterocycles. The standard InChI is InChI=1S/C25H21N3O5/c1-15-8-9-16(2)19(14-15)26-23-22(17-10-12-18(13-11-17)28(31)32)24(29)27(25(23)30)20-6-4-5-7-21(20)33-3/h4-14,26H,1-3H3. The lowest BCUT2D eigenvalue weighted by atomic mass is 10.0. The van der Waals surface area contributed by atoms with E-state index < -0.39 is 16.7 Å². The Bertz CT molecular complexity index is 1310. The van der Waals surface area contributed by atoms with Gasteiger partial charge in [0.05, 0.1) is 23.3 Å². The number of hydrogen-bond acceptors (Lipinski definition) is 6. The average Bonchev–Trinajstić information content (AvgIpc) is 3.05. The van der Waals surface area contributed by atoms with Crippen molar-refractivity contribution in [3.63, 3.8) is 0 Å². The van der Waals surface area contributed by atoms with Gasteiger partial charge >= 0.3 is 0 Å². The van der Waals surface area contributed by atoms with Crippen molar-refractivity contribution in [1.29, 1.82) is 0 Å². The summed E-state index contributed by atoms with van der Waals surface area (Å²) in [7, 11) is 1.46. The summed E-state index contributed by atoms with van der Waals surface area (Å²) in [4.78, 5) is 38.8. The van der Waals surface area contributed by atoms with Crippen LogP contribution in [0.25, 0.3) is 5.57 Å². The molecule has 0 atom stereocenters. The molecule has 8 heteroatoms. The van der Waals surface area contributed by atoms with Crippen molar-refractivity contribution in [2.75, 3.05) is 17.3 Å². The van der Waals surface area contributed by atoms with E-state index in [-0.39, 0.29) is 17.0 Å². The summed E-state index contributed by atoms with van der Waals surface area (Å²) in [6, 6.07) is 18.1. The molecule has 1 heterocycles. The van der Waals surface area contributed by atoms with Crippen molar-refractivity contribution in [2.24, 2.45) is 0 Å². The number of carbonyl (C=O) groups excluding carboxylic acids is 2. The lowest BCUT2D eigenvalue weighted by Gasteiger charge is -2.18. The molecule has 0 spiro atoms. The minimum Gasteiger partial charge on any atom is -0.495 e. The summed E-state index contributed by atoms with van der Waals surface area (Å²) in [6.45, 7) is 3.83. The molecule has 2 amide bonds. The Labute approximate surface area is 190 Å². The molecule has 0 fully saturated rings. The van der Waals surface area contributed by atoms with E-state index >= 15 is 0 Å². The first kappa shape index (κ1) is 21.8. The van der Waals surface area contributed by atoms with Crippen LogP contribution in [0.2, 0.25) is 0 Å². The molecule has 3 aromatic rings. The van der Waals surface area contributed by atoms with Crippen LogP contribution in [-0.4, -0.2) is 23.8 Å². The maximum atomic E-state index is 13.6. The van der Waals surface area contributed by atoms with Crippen molar-refractivity contribution in [3.8, 4) is 5.75 Å². The minimum atomic E-state index is -0.550. The maximum Gasteiger partial charge on any atom is 0.282 e. The van der Waals surface area contributed by atoms with Gasteiger partial charge in [0.25, 0.3) is 17.5 Å². The first-order chi connectivity index (χ1) is 15.8. The predicted octanol–water partition coefficient (Wildman–Crippen LogP) is 4.62. The fourth-order valence-corrected chi connectivity index (χ4v) is 3.70. The van der Waals surface area contributed by atoms with Gasteiger partial charge in [0.1, 0.15) is 11.4 Å². The fraction of sp³-hybridized carbons (Fsp3) is 0.120. The molecular formula is C25H21N3O5. The molecule has 33 heavy (non-hydrogen) atoms. The largest absolute Gasteiger partial charge is 0.495 e. The van der Waals surface area contributed by atoms with Crippen LogP contribution >= 0.6 is 0 Å². The molecule has 1 aliphatic rings. The molecule has 0 radical (unpaired) electrons. The lowest BCUT2D eigenvalue weighted by molar-refractivity contribution is -0.384. The second-order valence-electron chi connectivity index (χ2n) is 7.61. The number of benzene rings is 3. The van der Waals surface area contributed by atoms with Crippen molar-refractivity contribution in [2.45, 2.75) is 13.8 Å². The zero-order valence-electron chi connectivity index (χ0n) is 18.3. The third kappa shape index (κ3) is 3.94. The number of ether oxygens (including phenoxy) is 1. The third-order valence-corrected chi connectivity index (χ3v) is 5.43. The van der Waals surface area contributed by atoms with Crippen LogP contribution in [0.4, 0.5) is 17.1 Å². The van der Waals surface area contributed by atoms with Crippen molar-refractivity contribution in [3.05, 3.63) is 99.2 Å². The normalized spacial score (nSPS) is 13.5. The van der Waals surface area contributed by atoms with Crippen LogP contribution in [0.15, 0.2) is 72.4 Å². The molecule has 0 bridgehead atoms. The summed E-state index contributed by atoms with van der Waals surface area (Å²) >= 11 is 0. The van der Waals surface area contributed by atoms with E-state index in [0.717, 1.165) is 16.0 Å². The first-order valence-electron chi connectivity index (χ1n) is 10.2. The fourth-order valence-electron chi connectivity index (χ4n) is 3.70. The number of nitrogens with zero attached hydrogens (tertiary/aromatic N) is 2. The Morgan fingerprint density at radius 2 is 1.64 bits per heavy atom. The Kier molecular flexibility index (Phi) is 5.66. The number of aryl methyl sites for hydroxylation is 2. The van der Waals surface area contributed by atoms with Crippen LogP contribution in [0.3, 0.4) is 0 Å². The molecule has 8 nitrogen and oxygen atoms in total. The molecular weight excluding hydrogens is 422 g/mol. The van der Waals surface area contributed by atoms with Gasteiger partial charge in [-0.3, -0.25) is 19.7 Å². The van der Waals surface area contributed by atoms with Gasteiger partial charge in [-0.25, -0.2) is 4.90 Å². The Hall–Kier alpha value is -4.46. The van der Waals surface area contributed by atoms with Gasteiger partial charge in [-0.2, -0.15) is 0 Å². The van der Waals surface area contributed by atoms with Crippen LogP contribution < -0.4 is 15.0 Å². The number of nitro groups is 1.